The SMILES string of the molecule is Cc1csc2nc3c(n12)CCc1sccc1-3. The van der Waals surface area contributed by atoms with Crippen molar-refractivity contribution < 1.29 is 0 Å². The van der Waals surface area contributed by atoms with Crippen LogP contribution in [0.15, 0.2) is 16.8 Å². The van der Waals surface area contributed by atoms with Gasteiger partial charge >= 0.3 is 0 Å². The highest BCUT2D eigenvalue weighted by molar-refractivity contribution is 7.15. The Morgan fingerprint density at radius 3 is 3.19 bits per heavy atom. The number of rotatable bonds is 0. The van der Waals surface area contributed by atoms with Crippen molar-refractivity contribution >= 4 is 27.6 Å². The number of aryl methyl sites for hydroxylation is 3. The van der Waals surface area contributed by atoms with Crippen molar-refractivity contribution in [3.05, 3.63) is 33.1 Å². The second-order valence-corrected chi connectivity index (χ2v) is 6.00. The first-order chi connectivity index (χ1) is 7.84. The Balaban J connectivity index is 2.13. The molecular formula is C12H10N2S2. The minimum Gasteiger partial charge on any atom is -0.291 e. The second-order valence-electron chi connectivity index (χ2n) is 4.16. The van der Waals surface area contributed by atoms with E-state index in [9.17, 15) is 0 Å². The summed E-state index contributed by atoms with van der Waals surface area (Å²) in [5.74, 6) is 0. The third-order valence-corrected chi connectivity index (χ3v) is 5.14. The van der Waals surface area contributed by atoms with E-state index in [4.69, 9.17) is 4.98 Å². The zero-order valence-electron chi connectivity index (χ0n) is 8.86. The number of thiophene rings is 1. The quantitative estimate of drug-likeness (QED) is 0.593. The Labute approximate surface area is 101 Å². The Kier molecular flexibility index (Phi) is 1.66. The Hall–Kier alpha value is -1.13. The summed E-state index contributed by atoms with van der Waals surface area (Å²) in [7, 11) is 0. The fourth-order valence-electron chi connectivity index (χ4n) is 2.49. The zero-order chi connectivity index (χ0) is 10.7. The highest BCUT2D eigenvalue weighted by Gasteiger charge is 2.23. The molecule has 0 aromatic carbocycles. The summed E-state index contributed by atoms with van der Waals surface area (Å²) in [6.45, 7) is 2.16. The van der Waals surface area contributed by atoms with E-state index in [1.807, 2.05) is 11.3 Å². The predicted octanol–water partition coefficient (Wildman–Crippen LogP) is 3.53. The summed E-state index contributed by atoms with van der Waals surface area (Å²) in [4.78, 5) is 7.41. The van der Waals surface area contributed by atoms with E-state index in [2.05, 4.69) is 28.2 Å². The Bertz CT molecular complexity index is 687. The summed E-state index contributed by atoms with van der Waals surface area (Å²) in [6, 6.07) is 2.21. The first kappa shape index (κ1) is 8.96. The van der Waals surface area contributed by atoms with Crippen LogP contribution in [0.25, 0.3) is 16.2 Å². The number of fused-ring (bicyclic) bond motifs is 5. The lowest BCUT2D eigenvalue weighted by molar-refractivity contribution is 0.886. The van der Waals surface area contributed by atoms with E-state index in [-0.39, 0.29) is 0 Å². The molecule has 0 spiro atoms. The molecule has 3 heterocycles. The lowest BCUT2D eigenvalue weighted by Gasteiger charge is -2.11. The third kappa shape index (κ3) is 0.987. The van der Waals surface area contributed by atoms with Crippen molar-refractivity contribution in [1.82, 2.24) is 9.38 Å². The van der Waals surface area contributed by atoms with Crippen molar-refractivity contribution in [3.63, 3.8) is 0 Å². The van der Waals surface area contributed by atoms with Gasteiger partial charge in [0, 0.05) is 21.5 Å². The van der Waals surface area contributed by atoms with E-state index >= 15 is 0 Å². The maximum Gasteiger partial charge on any atom is 0.194 e. The van der Waals surface area contributed by atoms with Gasteiger partial charge in [-0.3, -0.25) is 4.40 Å². The highest BCUT2D eigenvalue weighted by Crippen LogP contribution is 2.37. The van der Waals surface area contributed by atoms with Crippen LogP contribution in [0.3, 0.4) is 0 Å². The molecule has 0 radical (unpaired) electrons. The van der Waals surface area contributed by atoms with Crippen LogP contribution in [0, 0.1) is 6.92 Å². The number of nitrogens with zero attached hydrogens (tertiary/aromatic N) is 2. The van der Waals surface area contributed by atoms with E-state index in [0.717, 1.165) is 11.4 Å². The molecule has 4 heteroatoms. The van der Waals surface area contributed by atoms with Crippen LogP contribution in [0.1, 0.15) is 16.3 Å². The molecule has 1 aliphatic carbocycles. The van der Waals surface area contributed by atoms with Crippen molar-refractivity contribution in [2.75, 3.05) is 0 Å². The van der Waals surface area contributed by atoms with Gasteiger partial charge in [0.05, 0.1) is 11.4 Å². The zero-order valence-corrected chi connectivity index (χ0v) is 10.5. The number of imidazole rings is 1. The third-order valence-electron chi connectivity index (χ3n) is 3.22. The van der Waals surface area contributed by atoms with Crippen molar-refractivity contribution in [3.8, 4) is 11.3 Å². The Morgan fingerprint density at radius 1 is 1.31 bits per heavy atom. The molecular weight excluding hydrogens is 236 g/mol. The van der Waals surface area contributed by atoms with Crippen molar-refractivity contribution in [1.29, 1.82) is 0 Å². The van der Waals surface area contributed by atoms with E-state index in [1.165, 1.54) is 33.9 Å². The molecule has 0 amide bonds. The summed E-state index contributed by atoms with van der Waals surface area (Å²) >= 11 is 3.60. The van der Waals surface area contributed by atoms with Crippen molar-refractivity contribution in [2.24, 2.45) is 0 Å². The van der Waals surface area contributed by atoms with Gasteiger partial charge in [0.15, 0.2) is 4.96 Å². The molecule has 1 aliphatic rings. The van der Waals surface area contributed by atoms with Crippen LogP contribution in [0.2, 0.25) is 0 Å². The fourth-order valence-corrected chi connectivity index (χ4v) is 4.25. The maximum atomic E-state index is 4.78. The van der Waals surface area contributed by atoms with Crippen LogP contribution in [-0.4, -0.2) is 9.38 Å². The number of hydrogen-bond donors (Lipinski definition) is 0. The summed E-state index contributed by atoms with van der Waals surface area (Å²) in [5, 5.41) is 4.37. The van der Waals surface area contributed by atoms with Gasteiger partial charge < -0.3 is 0 Å². The smallest absolute Gasteiger partial charge is 0.194 e. The van der Waals surface area contributed by atoms with Gasteiger partial charge in [0.1, 0.15) is 0 Å². The molecule has 16 heavy (non-hydrogen) atoms. The molecule has 0 bridgehead atoms. The average molecular weight is 246 g/mol. The maximum absolute atomic E-state index is 4.78. The summed E-state index contributed by atoms with van der Waals surface area (Å²) in [5.41, 5.74) is 5.30. The van der Waals surface area contributed by atoms with Gasteiger partial charge in [-0.2, -0.15) is 0 Å². The van der Waals surface area contributed by atoms with E-state index in [0.29, 0.717) is 0 Å². The first-order valence-corrected chi connectivity index (χ1v) is 7.12. The lowest BCUT2D eigenvalue weighted by Crippen LogP contribution is -2.03. The molecule has 0 N–H and O–H groups in total. The first-order valence-electron chi connectivity index (χ1n) is 5.37. The van der Waals surface area contributed by atoms with Crippen LogP contribution < -0.4 is 0 Å². The van der Waals surface area contributed by atoms with Gasteiger partial charge in [0.2, 0.25) is 0 Å². The molecule has 0 saturated heterocycles. The molecule has 0 fully saturated rings. The topological polar surface area (TPSA) is 17.3 Å². The van der Waals surface area contributed by atoms with E-state index in [1.54, 1.807) is 11.3 Å². The molecule has 3 aromatic rings. The molecule has 0 atom stereocenters. The predicted molar refractivity (Wildman–Crippen MR) is 68.5 cm³/mol. The lowest BCUT2D eigenvalue weighted by atomic mass is 10.00. The minimum atomic E-state index is 1.13. The molecule has 80 valence electrons. The van der Waals surface area contributed by atoms with Gasteiger partial charge in [0.25, 0.3) is 0 Å². The minimum absolute atomic E-state index is 1.13. The molecule has 0 saturated carbocycles. The van der Waals surface area contributed by atoms with Crippen LogP contribution in [0.5, 0.6) is 0 Å². The number of aromatic nitrogens is 2. The summed E-state index contributed by atoms with van der Waals surface area (Å²) < 4.78 is 2.32. The van der Waals surface area contributed by atoms with Gasteiger partial charge in [-0.1, -0.05) is 0 Å². The largest absolute Gasteiger partial charge is 0.291 e. The van der Waals surface area contributed by atoms with Gasteiger partial charge in [-0.15, -0.1) is 22.7 Å². The highest BCUT2D eigenvalue weighted by atomic mass is 32.1. The fraction of sp³-hybridized carbons (Fsp3) is 0.250. The number of hydrogen-bond acceptors (Lipinski definition) is 3. The molecule has 0 aliphatic heterocycles. The van der Waals surface area contributed by atoms with Crippen LogP contribution in [-0.2, 0) is 12.8 Å². The van der Waals surface area contributed by atoms with Gasteiger partial charge in [-0.25, -0.2) is 4.98 Å². The molecule has 3 aromatic heterocycles. The Morgan fingerprint density at radius 2 is 2.25 bits per heavy atom. The summed E-state index contributed by atoms with van der Waals surface area (Å²) in [6.07, 6.45) is 2.30. The molecule has 0 unspecified atom stereocenters. The average Bonchev–Trinajstić information content (AvgIpc) is 2.93. The monoisotopic (exact) mass is 246 g/mol. The van der Waals surface area contributed by atoms with Crippen LogP contribution >= 0.6 is 22.7 Å². The van der Waals surface area contributed by atoms with Gasteiger partial charge in [-0.05, 0) is 31.2 Å². The van der Waals surface area contributed by atoms with Crippen molar-refractivity contribution in [2.45, 2.75) is 19.8 Å². The standard InChI is InChI=1S/C12H10N2S2/c1-7-6-16-12-13-11-8-4-5-15-10(8)3-2-9(11)14(7)12/h4-6H,2-3H2,1H3. The second kappa shape index (κ2) is 2.96. The number of thiazole rings is 1. The molecule has 4 rings (SSSR count). The van der Waals surface area contributed by atoms with E-state index < -0.39 is 0 Å². The normalized spacial score (nSPS) is 14.1. The molecule has 2 nitrogen and oxygen atoms in total. The van der Waals surface area contributed by atoms with Crippen LogP contribution in [0.4, 0.5) is 0 Å².